The highest BCUT2D eigenvalue weighted by Crippen LogP contribution is 2.41. The van der Waals surface area contributed by atoms with Crippen LogP contribution in [0.15, 0.2) is 42.7 Å². The molecule has 1 atom stereocenters. The van der Waals surface area contributed by atoms with E-state index in [1.807, 2.05) is 6.92 Å². The number of ether oxygens (including phenoxy) is 2. The Morgan fingerprint density at radius 1 is 1.31 bits per heavy atom. The molecule has 0 spiro atoms. The Morgan fingerprint density at radius 3 is 2.97 bits per heavy atom. The van der Waals surface area contributed by atoms with Crippen LogP contribution in [0, 0.1) is 5.82 Å². The van der Waals surface area contributed by atoms with Gasteiger partial charge in [-0.15, -0.1) is 0 Å². The van der Waals surface area contributed by atoms with Crippen molar-refractivity contribution in [3.63, 3.8) is 0 Å². The Balaban J connectivity index is 1.66. The summed E-state index contributed by atoms with van der Waals surface area (Å²) in [5, 5.41) is 7.21. The van der Waals surface area contributed by atoms with Crippen molar-refractivity contribution >= 4 is 23.5 Å². The van der Waals surface area contributed by atoms with E-state index in [0.717, 1.165) is 5.56 Å². The first kappa shape index (κ1) is 19.2. The van der Waals surface area contributed by atoms with Crippen LogP contribution in [0.25, 0.3) is 0 Å². The molecule has 150 valence electrons. The molecule has 0 aliphatic carbocycles. The summed E-state index contributed by atoms with van der Waals surface area (Å²) in [7, 11) is 0. The van der Waals surface area contributed by atoms with Crippen LogP contribution in [0.2, 0.25) is 5.02 Å². The Hall–Kier alpha value is -3.13. The number of carbonyl (C=O) groups excluding carboxylic acids is 1. The normalized spacial score (nSPS) is 15.6. The molecule has 1 unspecified atom stereocenters. The van der Waals surface area contributed by atoms with Gasteiger partial charge in [0.1, 0.15) is 18.8 Å². The van der Waals surface area contributed by atoms with Gasteiger partial charge in [0.2, 0.25) is 11.9 Å². The lowest BCUT2D eigenvalue weighted by Crippen LogP contribution is -2.29. The van der Waals surface area contributed by atoms with Crippen LogP contribution in [0.5, 0.6) is 11.5 Å². The smallest absolute Gasteiger partial charge is 0.229 e. The summed E-state index contributed by atoms with van der Waals surface area (Å²) in [4.78, 5) is 16.1. The van der Waals surface area contributed by atoms with Crippen molar-refractivity contribution in [2.75, 3.05) is 11.9 Å². The van der Waals surface area contributed by atoms with E-state index in [1.54, 1.807) is 28.9 Å². The molecule has 2 heterocycles. The van der Waals surface area contributed by atoms with E-state index in [4.69, 9.17) is 21.1 Å². The second-order valence-corrected chi connectivity index (χ2v) is 6.89. The number of anilines is 1. The highest BCUT2D eigenvalue weighted by Gasteiger charge is 2.29. The summed E-state index contributed by atoms with van der Waals surface area (Å²) >= 11 is 6.50. The summed E-state index contributed by atoms with van der Waals surface area (Å²) in [6.07, 6.45) is 1.58. The molecule has 1 aromatic heterocycles. The first-order valence-corrected chi connectivity index (χ1v) is 9.45. The number of aromatic nitrogens is 3. The minimum Gasteiger partial charge on any atom is -0.490 e. The van der Waals surface area contributed by atoms with Gasteiger partial charge in [0.05, 0.1) is 24.1 Å². The van der Waals surface area contributed by atoms with Gasteiger partial charge < -0.3 is 9.47 Å². The highest BCUT2D eigenvalue weighted by molar-refractivity contribution is 6.32. The predicted molar refractivity (Wildman–Crippen MR) is 105 cm³/mol. The molecule has 1 aliphatic rings. The lowest BCUT2D eigenvalue weighted by molar-refractivity contribution is -0.117. The number of amides is 1. The molecule has 3 aromatic rings. The van der Waals surface area contributed by atoms with Crippen molar-refractivity contribution in [1.29, 1.82) is 0 Å². The minimum atomic E-state index is -0.366. The van der Waals surface area contributed by atoms with Crippen LogP contribution in [-0.4, -0.2) is 27.3 Å². The maximum Gasteiger partial charge on any atom is 0.229 e. The number of benzene rings is 2. The van der Waals surface area contributed by atoms with Gasteiger partial charge in [-0.2, -0.15) is 10.1 Å². The molecular weight excluding hydrogens is 399 g/mol. The monoisotopic (exact) mass is 416 g/mol. The molecule has 0 bridgehead atoms. The van der Waals surface area contributed by atoms with Gasteiger partial charge >= 0.3 is 0 Å². The third-order valence-corrected chi connectivity index (χ3v) is 4.77. The van der Waals surface area contributed by atoms with Gasteiger partial charge in [0.25, 0.3) is 0 Å². The molecule has 0 saturated carbocycles. The second kappa shape index (κ2) is 8.08. The van der Waals surface area contributed by atoms with Crippen LogP contribution in [0.1, 0.15) is 30.5 Å². The fraction of sp³-hybridized carbons (Fsp3) is 0.250. The van der Waals surface area contributed by atoms with Gasteiger partial charge in [-0.3, -0.25) is 10.1 Å². The quantitative estimate of drug-likeness (QED) is 0.657. The average Bonchev–Trinajstić information content (AvgIpc) is 3.15. The molecule has 0 radical (unpaired) electrons. The summed E-state index contributed by atoms with van der Waals surface area (Å²) in [5.41, 5.74) is 1.42. The van der Waals surface area contributed by atoms with Gasteiger partial charge in [0, 0.05) is 0 Å². The van der Waals surface area contributed by atoms with Crippen molar-refractivity contribution in [3.8, 4) is 11.5 Å². The Labute approximate surface area is 171 Å². The van der Waals surface area contributed by atoms with Crippen LogP contribution in [0.4, 0.5) is 10.3 Å². The topological polar surface area (TPSA) is 78.3 Å². The number of fused-ring (bicyclic) bond motifs is 1. The molecule has 7 nitrogen and oxygen atoms in total. The van der Waals surface area contributed by atoms with Crippen molar-refractivity contribution < 1.29 is 18.7 Å². The van der Waals surface area contributed by atoms with E-state index < -0.39 is 0 Å². The minimum absolute atomic E-state index is 0.135. The number of nitrogens with zero attached hydrogens (tertiary/aromatic N) is 3. The Bertz CT molecular complexity index is 1060. The SMILES string of the molecule is CCOc1cc(C2CC(=O)Nc3ncnn32)cc(Cl)c1OCc1cccc(F)c1. The van der Waals surface area contributed by atoms with E-state index in [0.29, 0.717) is 34.6 Å². The molecule has 2 aromatic carbocycles. The molecule has 1 amide bonds. The third kappa shape index (κ3) is 4.02. The van der Waals surface area contributed by atoms with Gasteiger partial charge in [0.15, 0.2) is 11.5 Å². The molecule has 29 heavy (non-hydrogen) atoms. The lowest BCUT2D eigenvalue weighted by Gasteiger charge is -2.25. The zero-order valence-corrected chi connectivity index (χ0v) is 16.3. The molecule has 1 aliphatic heterocycles. The summed E-state index contributed by atoms with van der Waals surface area (Å²) in [6, 6.07) is 9.29. The maximum absolute atomic E-state index is 13.4. The van der Waals surface area contributed by atoms with E-state index in [9.17, 15) is 9.18 Å². The van der Waals surface area contributed by atoms with Crippen LogP contribution < -0.4 is 14.8 Å². The molecule has 0 saturated heterocycles. The van der Waals surface area contributed by atoms with E-state index in [1.165, 1.54) is 18.5 Å². The summed E-state index contributed by atoms with van der Waals surface area (Å²) in [6.45, 7) is 2.38. The van der Waals surface area contributed by atoms with Gasteiger partial charge in [-0.1, -0.05) is 23.7 Å². The third-order valence-electron chi connectivity index (χ3n) is 4.49. The van der Waals surface area contributed by atoms with Gasteiger partial charge in [-0.25, -0.2) is 9.07 Å². The zero-order chi connectivity index (χ0) is 20.4. The number of carbonyl (C=O) groups is 1. The van der Waals surface area contributed by atoms with Crippen molar-refractivity contribution in [2.45, 2.75) is 26.0 Å². The molecule has 9 heteroatoms. The number of hydrogen-bond donors (Lipinski definition) is 1. The molecule has 1 N–H and O–H groups in total. The highest BCUT2D eigenvalue weighted by atomic mass is 35.5. The lowest BCUT2D eigenvalue weighted by atomic mass is 10.0. The Morgan fingerprint density at radius 2 is 2.17 bits per heavy atom. The number of halogens is 2. The second-order valence-electron chi connectivity index (χ2n) is 6.48. The van der Waals surface area contributed by atoms with Crippen molar-refractivity contribution in [3.05, 3.63) is 64.7 Å². The summed E-state index contributed by atoms with van der Waals surface area (Å²) in [5.74, 6) is 0.694. The largest absolute Gasteiger partial charge is 0.490 e. The Kier molecular flexibility index (Phi) is 5.35. The van der Waals surface area contributed by atoms with E-state index in [-0.39, 0.29) is 30.8 Å². The van der Waals surface area contributed by atoms with Crippen molar-refractivity contribution in [2.24, 2.45) is 0 Å². The van der Waals surface area contributed by atoms with Crippen LogP contribution in [0.3, 0.4) is 0 Å². The summed E-state index contributed by atoms with van der Waals surface area (Å²) < 4.78 is 26.6. The first-order valence-electron chi connectivity index (χ1n) is 9.08. The fourth-order valence-electron chi connectivity index (χ4n) is 3.23. The number of hydrogen-bond acceptors (Lipinski definition) is 5. The van der Waals surface area contributed by atoms with Crippen LogP contribution >= 0.6 is 11.6 Å². The van der Waals surface area contributed by atoms with Crippen molar-refractivity contribution in [1.82, 2.24) is 14.8 Å². The zero-order valence-electron chi connectivity index (χ0n) is 15.6. The number of nitrogens with one attached hydrogen (secondary N) is 1. The molecule has 0 fully saturated rings. The molecule has 4 rings (SSSR count). The average molecular weight is 417 g/mol. The van der Waals surface area contributed by atoms with E-state index in [2.05, 4.69) is 15.4 Å². The van der Waals surface area contributed by atoms with Crippen LogP contribution in [-0.2, 0) is 11.4 Å². The predicted octanol–water partition coefficient (Wildman–Crippen LogP) is 3.98. The number of rotatable bonds is 6. The standard InChI is InChI=1S/C20H18ClFN4O3/c1-2-28-17-8-13(16-9-18(27)25-20-23-11-24-26(16)20)7-15(21)19(17)29-10-12-4-3-5-14(22)6-12/h3-8,11,16H,2,9-10H2,1H3,(H,23,24,25,27). The van der Waals surface area contributed by atoms with Gasteiger partial charge in [-0.05, 0) is 42.3 Å². The first-order chi connectivity index (χ1) is 14.0. The maximum atomic E-state index is 13.4. The fourth-order valence-corrected chi connectivity index (χ4v) is 3.50. The molecular formula is C20H18ClFN4O3. The van der Waals surface area contributed by atoms with E-state index >= 15 is 0 Å².